The quantitative estimate of drug-likeness (QED) is 0.292. The predicted molar refractivity (Wildman–Crippen MR) is 156 cm³/mol. The van der Waals surface area contributed by atoms with E-state index in [9.17, 15) is 33.9 Å². The van der Waals surface area contributed by atoms with E-state index in [2.05, 4.69) is 10.6 Å². The van der Waals surface area contributed by atoms with Crippen LogP contribution in [0.2, 0.25) is 0 Å². The number of esters is 1. The molecule has 6 amide bonds. The molecule has 5 rings (SSSR count). The number of rotatable bonds is 8. The van der Waals surface area contributed by atoms with E-state index >= 15 is 0 Å². The number of hydrogen-bond donors (Lipinski definition) is 3. The minimum Gasteiger partial charge on any atom is -0.495 e. The second-order valence-electron chi connectivity index (χ2n) is 10.0. The number of amides is 6. The summed E-state index contributed by atoms with van der Waals surface area (Å²) in [5.41, 5.74) is 0.418. The average Bonchev–Trinajstić information content (AvgIpc) is 3.40. The third-order valence-electron chi connectivity index (χ3n) is 7.28. The summed E-state index contributed by atoms with van der Waals surface area (Å²) in [7, 11) is 1.48. The number of benzene rings is 2. The van der Waals surface area contributed by atoms with Crippen molar-refractivity contribution in [3.05, 3.63) is 71.6 Å². The summed E-state index contributed by atoms with van der Waals surface area (Å²) < 4.78 is 10.5. The molecule has 0 aliphatic carbocycles. The number of urea groups is 2. The summed E-state index contributed by atoms with van der Waals surface area (Å²) >= 11 is 1.14. The molecule has 3 aliphatic heterocycles. The van der Waals surface area contributed by atoms with E-state index in [-0.39, 0.29) is 18.8 Å². The number of aliphatic carboxylic acids is 1. The molecule has 2 aromatic rings. The maximum absolute atomic E-state index is 13.6. The van der Waals surface area contributed by atoms with Crippen LogP contribution in [0.1, 0.15) is 25.5 Å². The maximum atomic E-state index is 13.6. The number of carbonyl (C=O) groups excluding carboxylic acids is 5. The first-order chi connectivity index (χ1) is 21.0. The fourth-order valence-electron chi connectivity index (χ4n) is 5.24. The van der Waals surface area contributed by atoms with Crippen molar-refractivity contribution in [2.75, 3.05) is 25.1 Å². The Balaban J connectivity index is 1.34. The summed E-state index contributed by atoms with van der Waals surface area (Å²) in [6.07, 6.45) is 0. The molecule has 2 fully saturated rings. The van der Waals surface area contributed by atoms with Gasteiger partial charge in [0.25, 0.3) is 5.91 Å². The molecule has 4 atom stereocenters. The fraction of sp³-hybridized carbons (Fsp3) is 0.310. The normalized spacial score (nSPS) is 21.7. The first-order valence-corrected chi connectivity index (χ1v) is 14.5. The number of anilines is 1. The molecule has 0 spiro atoms. The topological polar surface area (TPSA) is 175 Å². The zero-order valence-corrected chi connectivity index (χ0v) is 24.7. The van der Waals surface area contributed by atoms with Gasteiger partial charge in [0.1, 0.15) is 23.2 Å². The number of β-lactam (4-membered cyclic amide) rings is 1. The molecule has 2 unspecified atom stereocenters. The van der Waals surface area contributed by atoms with E-state index in [0.717, 1.165) is 28.5 Å². The minimum absolute atomic E-state index is 0.0491. The summed E-state index contributed by atoms with van der Waals surface area (Å²) in [5, 5.41) is 13.6. The highest BCUT2D eigenvalue weighted by Crippen LogP contribution is 2.44. The first kappa shape index (κ1) is 30.4. The second kappa shape index (κ2) is 12.3. The summed E-state index contributed by atoms with van der Waals surface area (Å²) in [6, 6.07) is 11.3. The van der Waals surface area contributed by atoms with E-state index in [4.69, 9.17) is 9.47 Å². The molecule has 2 aromatic carbocycles. The molecule has 14 nitrogen and oxygen atoms in total. The highest BCUT2D eigenvalue weighted by atomic mass is 32.2. The van der Waals surface area contributed by atoms with Crippen molar-refractivity contribution in [3.8, 4) is 5.75 Å². The van der Waals surface area contributed by atoms with Crippen LogP contribution < -0.4 is 20.3 Å². The van der Waals surface area contributed by atoms with Gasteiger partial charge in [0.15, 0.2) is 11.5 Å². The van der Waals surface area contributed by atoms with Crippen LogP contribution in [-0.4, -0.2) is 87.6 Å². The molecule has 230 valence electrons. The number of carbonyl (C=O) groups is 6. The van der Waals surface area contributed by atoms with E-state index in [1.54, 1.807) is 61.5 Å². The van der Waals surface area contributed by atoms with Crippen LogP contribution in [0.5, 0.6) is 5.75 Å². The van der Waals surface area contributed by atoms with Crippen LogP contribution in [0.25, 0.3) is 0 Å². The molecule has 3 heterocycles. The minimum atomic E-state index is -1.46. The number of fused-ring (bicyclic) bond motifs is 1. The number of carboxylic acids is 1. The molecule has 3 aliphatic rings. The van der Waals surface area contributed by atoms with Crippen molar-refractivity contribution in [2.24, 2.45) is 0 Å². The zero-order chi connectivity index (χ0) is 31.7. The monoisotopic (exact) mass is 623 g/mol. The lowest BCUT2D eigenvalue weighted by molar-refractivity contribution is -0.152. The van der Waals surface area contributed by atoms with Gasteiger partial charge in [-0.25, -0.2) is 19.3 Å². The number of ether oxygens (including phenoxy) is 2. The molecule has 0 saturated carbocycles. The number of nitrogens with one attached hydrogen (secondary N) is 2. The van der Waals surface area contributed by atoms with Crippen LogP contribution in [0.15, 0.2) is 66.1 Å². The van der Waals surface area contributed by atoms with Crippen molar-refractivity contribution < 1.29 is 43.3 Å². The molecule has 3 N–H and O–H groups in total. The molecule has 44 heavy (non-hydrogen) atoms. The standard InChI is InChI=1S/C29H29N5O9S/c1-15-23(43-16(2)35)22(27(38)39)34-25(37)21(26(34)44-15)30-24(36)20(17-9-5-4-6-10-17)31-28(40)33-14-13-32(29(33)41)18-11-7-8-12-19(18)42-3/h4-12,15,20-21,26H,13-14H2,1-3H3,(H,30,36)(H,31,40)(H,38,39)/t15?,20-,21?,26-/m1/s1. The van der Waals surface area contributed by atoms with Crippen LogP contribution in [-0.2, 0) is 23.9 Å². The second-order valence-corrected chi connectivity index (χ2v) is 11.5. The number of imide groups is 1. The van der Waals surface area contributed by atoms with Gasteiger partial charge in [-0.15, -0.1) is 11.8 Å². The maximum Gasteiger partial charge on any atom is 0.356 e. The molecule has 2 saturated heterocycles. The number of nitrogens with zero attached hydrogens (tertiary/aromatic N) is 3. The number of thioether (sulfide) groups is 1. The molecule has 0 radical (unpaired) electrons. The van der Waals surface area contributed by atoms with E-state index in [1.165, 1.54) is 12.0 Å². The van der Waals surface area contributed by atoms with Crippen LogP contribution in [0, 0.1) is 0 Å². The smallest absolute Gasteiger partial charge is 0.356 e. The van der Waals surface area contributed by atoms with Gasteiger partial charge in [-0.1, -0.05) is 42.5 Å². The lowest BCUT2D eigenvalue weighted by atomic mass is 10.0. The Morgan fingerprint density at radius 3 is 2.36 bits per heavy atom. The summed E-state index contributed by atoms with van der Waals surface area (Å²) in [6.45, 7) is 3.00. The SMILES string of the molecule is COc1ccccc1N1CCN(C(=O)N[C@@H](C(=O)NC2C(=O)N3C(C(=O)O)=C(OC(C)=O)C(C)S[C@H]23)c2ccccc2)C1=O. The average molecular weight is 624 g/mol. The lowest BCUT2D eigenvalue weighted by Crippen LogP contribution is -2.71. The molecule has 0 bridgehead atoms. The van der Waals surface area contributed by atoms with Crippen molar-refractivity contribution >= 4 is 53.3 Å². The Labute approximate surface area is 255 Å². The number of para-hydroxylation sites is 2. The van der Waals surface area contributed by atoms with Gasteiger partial charge in [-0.3, -0.25) is 24.2 Å². The molecular formula is C29H29N5O9S. The fourth-order valence-corrected chi connectivity index (χ4v) is 6.61. The molecule has 0 aromatic heterocycles. The third kappa shape index (κ3) is 5.53. The number of carboxylic acid groups (broad SMARTS) is 1. The summed E-state index contributed by atoms with van der Waals surface area (Å²) in [4.78, 5) is 80.4. The number of methoxy groups -OCH3 is 1. The van der Waals surface area contributed by atoms with E-state index in [1.807, 2.05) is 0 Å². The van der Waals surface area contributed by atoms with Gasteiger partial charge in [0, 0.05) is 13.5 Å². The Morgan fingerprint density at radius 2 is 1.70 bits per heavy atom. The van der Waals surface area contributed by atoms with Crippen LogP contribution >= 0.6 is 11.8 Å². The van der Waals surface area contributed by atoms with Crippen molar-refractivity contribution in [2.45, 2.75) is 36.6 Å². The Morgan fingerprint density at radius 1 is 1.02 bits per heavy atom. The van der Waals surface area contributed by atoms with E-state index < -0.39 is 64.2 Å². The van der Waals surface area contributed by atoms with Gasteiger partial charge in [-0.2, -0.15) is 0 Å². The van der Waals surface area contributed by atoms with Gasteiger partial charge in [0.05, 0.1) is 24.6 Å². The zero-order valence-electron chi connectivity index (χ0n) is 23.9. The van der Waals surface area contributed by atoms with Gasteiger partial charge >= 0.3 is 24.0 Å². The predicted octanol–water partition coefficient (Wildman–Crippen LogP) is 2.04. The van der Waals surface area contributed by atoms with Gasteiger partial charge in [-0.05, 0) is 24.6 Å². The number of hydrogen-bond acceptors (Lipinski definition) is 9. The van der Waals surface area contributed by atoms with E-state index in [0.29, 0.717) is 17.0 Å². The highest BCUT2D eigenvalue weighted by molar-refractivity contribution is 8.00. The summed E-state index contributed by atoms with van der Waals surface area (Å²) in [5.74, 6) is -3.34. The third-order valence-corrected chi connectivity index (χ3v) is 8.66. The van der Waals surface area contributed by atoms with Crippen molar-refractivity contribution in [3.63, 3.8) is 0 Å². The lowest BCUT2D eigenvalue weighted by Gasteiger charge is -2.50. The Bertz CT molecular complexity index is 1570. The van der Waals surface area contributed by atoms with Crippen LogP contribution in [0.3, 0.4) is 0 Å². The van der Waals surface area contributed by atoms with Crippen molar-refractivity contribution in [1.82, 2.24) is 20.4 Å². The highest BCUT2D eigenvalue weighted by Gasteiger charge is 2.57. The van der Waals surface area contributed by atoms with Gasteiger partial charge < -0.3 is 25.2 Å². The van der Waals surface area contributed by atoms with Crippen molar-refractivity contribution in [1.29, 1.82) is 0 Å². The largest absolute Gasteiger partial charge is 0.495 e. The van der Waals surface area contributed by atoms with Gasteiger partial charge in [0.2, 0.25) is 5.91 Å². The van der Waals surface area contributed by atoms with Crippen LogP contribution in [0.4, 0.5) is 15.3 Å². The molecular weight excluding hydrogens is 594 g/mol. The Kier molecular flexibility index (Phi) is 8.49. The first-order valence-electron chi connectivity index (χ1n) is 13.6. The molecule has 15 heteroatoms. The Hall–Kier alpha value is -5.05.